The Kier molecular flexibility index (Phi) is 6.55. The molecule has 1 aliphatic heterocycles. The van der Waals surface area contributed by atoms with Crippen LogP contribution in [0.3, 0.4) is 0 Å². The van der Waals surface area contributed by atoms with Gasteiger partial charge in [0.05, 0.1) is 18.2 Å². The number of carbonyl (C=O) groups is 2. The SMILES string of the molecule is CCCCOc1ccc(C(O)=C2C(=O)C(=O)N(c3nnc(C)s3)[C@@H]2c2ccc(C)cc2)cc1. The lowest BCUT2D eigenvalue weighted by Gasteiger charge is -2.22. The largest absolute Gasteiger partial charge is 0.507 e. The number of Topliss-reactive ketones (excluding diaryl/α,β-unsaturated/α-hetero) is 1. The van der Waals surface area contributed by atoms with Crippen molar-refractivity contribution in [3.8, 4) is 5.75 Å². The highest BCUT2D eigenvalue weighted by atomic mass is 32.1. The van der Waals surface area contributed by atoms with Crippen molar-refractivity contribution >= 4 is 33.9 Å². The van der Waals surface area contributed by atoms with E-state index < -0.39 is 17.7 Å². The number of aromatic nitrogens is 2. The predicted molar refractivity (Wildman–Crippen MR) is 127 cm³/mol. The fourth-order valence-corrected chi connectivity index (χ4v) is 4.39. The summed E-state index contributed by atoms with van der Waals surface area (Å²) in [5, 5.41) is 20.3. The zero-order valence-corrected chi connectivity index (χ0v) is 19.6. The average molecular weight is 464 g/mol. The topological polar surface area (TPSA) is 92.6 Å². The molecule has 0 bridgehead atoms. The van der Waals surface area contributed by atoms with E-state index in [1.54, 1.807) is 31.2 Å². The van der Waals surface area contributed by atoms with Crippen molar-refractivity contribution in [2.24, 2.45) is 0 Å². The molecule has 1 aliphatic rings. The molecule has 1 fully saturated rings. The zero-order valence-electron chi connectivity index (χ0n) is 18.7. The number of unbranched alkanes of at least 4 members (excludes halogenated alkanes) is 1. The van der Waals surface area contributed by atoms with Gasteiger partial charge in [-0.15, -0.1) is 10.2 Å². The van der Waals surface area contributed by atoms with Crippen molar-refractivity contribution < 1.29 is 19.4 Å². The fourth-order valence-electron chi connectivity index (χ4n) is 3.68. The van der Waals surface area contributed by atoms with Crippen LogP contribution in [0, 0.1) is 13.8 Å². The third kappa shape index (κ3) is 4.52. The molecule has 0 radical (unpaired) electrons. The molecule has 0 aliphatic carbocycles. The van der Waals surface area contributed by atoms with E-state index >= 15 is 0 Å². The van der Waals surface area contributed by atoms with Gasteiger partial charge in [-0.3, -0.25) is 14.5 Å². The van der Waals surface area contributed by atoms with E-state index in [-0.39, 0.29) is 11.3 Å². The molecule has 0 unspecified atom stereocenters. The number of ether oxygens (including phenoxy) is 1. The van der Waals surface area contributed by atoms with Gasteiger partial charge in [-0.25, -0.2) is 0 Å². The summed E-state index contributed by atoms with van der Waals surface area (Å²) in [5.74, 6) is -1.05. The number of hydrogen-bond acceptors (Lipinski definition) is 7. The maximum atomic E-state index is 13.1. The van der Waals surface area contributed by atoms with Crippen molar-refractivity contribution in [3.63, 3.8) is 0 Å². The minimum atomic E-state index is -0.807. The van der Waals surface area contributed by atoms with Crippen LogP contribution in [-0.4, -0.2) is 33.6 Å². The van der Waals surface area contributed by atoms with Crippen molar-refractivity contribution in [2.45, 2.75) is 39.7 Å². The van der Waals surface area contributed by atoms with Crippen LogP contribution in [0.1, 0.15) is 47.5 Å². The summed E-state index contributed by atoms with van der Waals surface area (Å²) >= 11 is 1.22. The van der Waals surface area contributed by atoms with Crippen LogP contribution in [0.5, 0.6) is 5.75 Å². The van der Waals surface area contributed by atoms with E-state index in [9.17, 15) is 14.7 Å². The second-order valence-corrected chi connectivity index (χ2v) is 9.07. The lowest BCUT2D eigenvalue weighted by molar-refractivity contribution is -0.132. The molecule has 3 aromatic rings. The van der Waals surface area contributed by atoms with Crippen LogP contribution in [0.2, 0.25) is 0 Å². The second kappa shape index (κ2) is 9.54. The van der Waals surface area contributed by atoms with Crippen molar-refractivity contribution in [3.05, 3.63) is 75.8 Å². The molecule has 1 N–H and O–H groups in total. The van der Waals surface area contributed by atoms with Gasteiger partial charge in [0.1, 0.15) is 16.5 Å². The first-order chi connectivity index (χ1) is 15.9. The first kappa shape index (κ1) is 22.7. The summed E-state index contributed by atoms with van der Waals surface area (Å²) < 4.78 is 5.68. The standard InChI is InChI=1S/C25H25N3O4S/c1-4-5-14-32-19-12-10-18(11-13-19)22(29)20-21(17-8-6-15(2)7-9-17)28(24(31)23(20)30)25-27-26-16(3)33-25/h6-13,21,29H,4-5,14H2,1-3H3/t21-/m1/s1. The summed E-state index contributed by atoms with van der Waals surface area (Å²) in [6, 6.07) is 13.6. The maximum Gasteiger partial charge on any atom is 0.301 e. The maximum absolute atomic E-state index is 13.1. The monoisotopic (exact) mass is 463 g/mol. The molecule has 1 aromatic heterocycles. The lowest BCUT2D eigenvalue weighted by Crippen LogP contribution is -2.29. The lowest BCUT2D eigenvalue weighted by atomic mass is 9.95. The van der Waals surface area contributed by atoms with Crippen molar-refractivity contribution in [1.82, 2.24) is 10.2 Å². The van der Waals surface area contributed by atoms with Gasteiger partial charge in [0.2, 0.25) is 5.13 Å². The Morgan fingerprint density at radius 1 is 1.06 bits per heavy atom. The number of nitrogens with zero attached hydrogens (tertiary/aromatic N) is 3. The Morgan fingerprint density at radius 3 is 2.36 bits per heavy atom. The quantitative estimate of drug-likeness (QED) is 0.230. The van der Waals surface area contributed by atoms with E-state index in [1.807, 2.05) is 31.2 Å². The minimum Gasteiger partial charge on any atom is -0.507 e. The van der Waals surface area contributed by atoms with Gasteiger partial charge in [-0.1, -0.05) is 54.5 Å². The van der Waals surface area contributed by atoms with Crippen LogP contribution in [-0.2, 0) is 9.59 Å². The summed E-state index contributed by atoms with van der Waals surface area (Å²) in [5.41, 5.74) is 2.20. The molecular formula is C25H25N3O4S. The summed E-state index contributed by atoms with van der Waals surface area (Å²) in [7, 11) is 0. The number of carbonyl (C=O) groups excluding carboxylic acids is 2. The Morgan fingerprint density at radius 2 is 1.76 bits per heavy atom. The average Bonchev–Trinajstić information content (AvgIpc) is 3.35. The Balaban J connectivity index is 1.78. The van der Waals surface area contributed by atoms with Crippen LogP contribution in [0.4, 0.5) is 5.13 Å². The van der Waals surface area contributed by atoms with Gasteiger partial charge in [0.25, 0.3) is 5.78 Å². The third-order valence-corrected chi connectivity index (χ3v) is 6.29. The summed E-state index contributed by atoms with van der Waals surface area (Å²) in [6.45, 7) is 6.44. The number of benzene rings is 2. The summed E-state index contributed by atoms with van der Waals surface area (Å²) in [4.78, 5) is 27.5. The zero-order chi connectivity index (χ0) is 23.5. The molecule has 0 spiro atoms. The second-order valence-electron chi connectivity index (χ2n) is 7.91. The van der Waals surface area contributed by atoms with E-state index in [1.165, 1.54) is 16.2 Å². The summed E-state index contributed by atoms with van der Waals surface area (Å²) in [6.07, 6.45) is 1.99. The predicted octanol–water partition coefficient (Wildman–Crippen LogP) is 4.96. The van der Waals surface area contributed by atoms with Crippen LogP contribution >= 0.6 is 11.3 Å². The molecule has 2 aromatic carbocycles. The number of anilines is 1. The minimum absolute atomic E-state index is 0.0244. The highest BCUT2D eigenvalue weighted by Gasteiger charge is 2.48. The van der Waals surface area contributed by atoms with Gasteiger partial charge in [-0.05, 0) is 50.1 Å². The van der Waals surface area contributed by atoms with Crippen molar-refractivity contribution in [1.29, 1.82) is 0 Å². The van der Waals surface area contributed by atoms with Gasteiger partial charge in [0, 0.05) is 5.56 Å². The number of rotatable bonds is 7. The molecule has 4 rings (SSSR count). The number of hydrogen-bond donors (Lipinski definition) is 1. The smallest absolute Gasteiger partial charge is 0.301 e. The van der Waals surface area contributed by atoms with Gasteiger partial charge < -0.3 is 9.84 Å². The number of aliphatic hydroxyl groups is 1. The molecule has 1 amide bonds. The van der Waals surface area contributed by atoms with E-state index in [2.05, 4.69) is 17.1 Å². The number of amides is 1. The highest BCUT2D eigenvalue weighted by molar-refractivity contribution is 7.15. The molecule has 7 nitrogen and oxygen atoms in total. The first-order valence-electron chi connectivity index (χ1n) is 10.8. The molecule has 0 saturated carbocycles. The molecule has 33 heavy (non-hydrogen) atoms. The van der Waals surface area contributed by atoms with E-state index in [0.717, 1.165) is 18.4 Å². The van der Waals surface area contributed by atoms with Crippen molar-refractivity contribution in [2.75, 3.05) is 11.5 Å². The first-order valence-corrected chi connectivity index (χ1v) is 11.6. The third-order valence-electron chi connectivity index (χ3n) is 5.45. The van der Waals surface area contributed by atoms with Crippen LogP contribution in [0.25, 0.3) is 5.76 Å². The van der Waals surface area contributed by atoms with Gasteiger partial charge in [-0.2, -0.15) is 0 Å². The fraction of sp³-hybridized carbons (Fsp3) is 0.280. The molecule has 1 saturated heterocycles. The van der Waals surface area contributed by atoms with Crippen LogP contribution in [0.15, 0.2) is 54.1 Å². The molecule has 170 valence electrons. The number of aliphatic hydroxyl groups excluding tert-OH is 1. The normalized spacial score (nSPS) is 17.5. The van der Waals surface area contributed by atoms with Gasteiger partial charge in [0.15, 0.2) is 0 Å². The highest BCUT2D eigenvalue weighted by Crippen LogP contribution is 2.43. The van der Waals surface area contributed by atoms with Crippen LogP contribution < -0.4 is 9.64 Å². The Bertz CT molecular complexity index is 1200. The van der Waals surface area contributed by atoms with E-state index in [4.69, 9.17) is 4.74 Å². The molecular weight excluding hydrogens is 438 g/mol. The number of aryl methyl sites for hydroxylation is 2. The Hall–Kier alpha value is -3.52. The molecule has 2 heterocycles. The number of ketones is 1. The van der Waals surface area contributed by atoms with Gasteiger partial charge >= 0.3 is 5.91 Å². The molecule has 8 heteroatoms. The van der Waals surface area contributed by atoms with E-state index in [0.29, 0.717) is 33.6 Å². The molecule has 1 atom stereocenters. The Labute approximate surface area is 196 Å².